The van der Waals surface area contributed by atoms with E-state index in [1.54, 1.807) is 0 Å². The number of hydrogen-bond acceptors (Lipinski definition) is 2. The second-order valence-electron chi connectivity index (χ2n) is 2.34. The van der Waals surface area contributed by atoms with Crippen molar-refractivity contribution in [2.45, 2.75) is 33.2 Å². The zero-order chi connectivity index (χ0) is 6.57. The molecule has 0 aromatic carbocycles. The van der Waals surface area contributed by atoms with Gasteiger partial charge in [0.2, 0.25) is 0 Å². The van der Waals surface area contributed by atoms with Gasteiger partial charge in [0.25, 0.3) is 0 Å². The molecule has 2 heteroatoms. The lowest BCUT2D eigenvalue weighted by atomic mass is 10.0. The summed E-state index contributed by atoms with van der Waals surface area (Å²) in [4.78, 5) is 0. The second-order valence-corrected chi connectivity index (χ2v) is 2.34. The van der Waals surface area contributed by atoms with E-state index < -0.39 is 0 Å². The molecule has 0 bridgehead atoms. The Hall–Kier alpha value is -0.0800. The lowest BCUT2D eigenvalue weighted by Gasteiger charge is -2.15. The smallest absolute Gasteiger partial charge is 0.0207 e. The van der Waals surface area contributed by atoms with Crippen LogP contribution in [-0.2, 0) is 0 Å². The van der Waals surface area contributed by atoms with Gasteiger partial charge in [-0.2, -0.15) is 0 Å². The fourth-order valence-corrected chi connectivity index (χ4v) is 0.518. The maximum Gasteiger partial charge on any atom is 0.0207 e. The van der Waals surface area contributed by atoms with Crippen molar-refractivity contribution in [1.29, 1.82) is 0 Å². The molecule has 0 heterocycles. The fourth-order valence-electron chi connectivity index (χ4n) is 0.518. The lowest BCUT2D eigenvalue weighted by molar-refractivity contribution is 0.398. The Balaban J connectivity index is 3.29. The SMILES string of the molecule is CCC(C)C(C)NN. The standard InChI is InChI=1S/C6H16N2/c1-4-5(2)6(3)8-7/h5-6,8H,4,7H2,1-3H3. The molecule has 50 valence electrons. The van der Waals surface area contributed by atoms with Crippen LogP contribution in [0.25, 0.3) is 0 Å². The molecule has 2 unspecified atom stereocenters. The lowest BCUT2D eigenvalue weighted by Crippen LogP contribution is -2.37. The maximum atomic E-state index is 5.20. The van der Waals surface area contributed by atoms with Crippen molar-refractivity contribution in [1.82, 2.24) is 5.43 Å². The molecule has 0 spiro atoms. The van der Waals surface area contributed by atoms with E-state index in [0.717, 1.165) is 0 Å². The Bertz CT molecular complexity index is 46.5. The van der Waals surface area contributed by atoms with Gasteiger partial charge >= 0.3 is 0 Å². The Kier molecular flexibility index (Phi) is 3.83. The minimum Gasteiger partial charge on any atom is -0.271 e. The molecule has 0 radical (unpaired) electrons. The number of nitrogens with two attached hydrogens (primary N) is 1. The summed E-state index contributed by atoms with van der Waals surface area (Å²) >= 11 is 0. The molecule has 0 fully saturated rings. The number of hydrogen-bond donors (Lipinski definition) is 2. The van der Waals surface area contributed by atoms with E-state index in [-0.39, 0.29) is 0 Å². The molecular formula is C6H16N2. The van der Waals surface area contributed by atoms with E-state index in [9.17, 15) is 0 Å². The first-order valence-corrected chi connectivity index (χ1v) is 3.18. The quantitative estimate of drug-likeness (QED) is 0.424. The van der Waals surface area contributed by atoms with Crippen molar-refractivity contribution in [3.8, 4) is 0 Å². The normalized spacial score (nSPS) is 18.0. The molecule has 0 saturated carbocycles. The summed E-state index contributed by atoms with van der Waals surface area (Å²) in [6.45, 7) is 6.44. The van der Waals surface area contributed by atoms with Crippen molar-refractivity contribution < 1.29 is 0 Å². The molecule has 8 heavy (non-hydrogen) atoms. The molecule has 0 aliphatic rings. The first kappa shape index (κ1) is 7.92. The van der Waals surface area contributed by atoms with Crippen LogP contribution in [-0.4, -0.2) is 6.04 Å². The average molecular weight is 116 g/mol. The third-order valence-electron chi connectivity index (χ3n) is 1.76. The van der Waals surface area contributed by atoms with E-state index >= 15 is 0 Å². The van der Waals surface area contributed by atoms with Crippen LogP contribution in [0, 0.1) is 5.92 Å². The van der Waals surface area contributed by atoms with Gasteiger partial charge in [-0.3, -0.25) is 11.3 Å². The van der Waals surface area contributed by atoms with Crippen LogP contribution in [0.3, 0.4) is 0 Å². The van der Waals surface area contributed by atoms with E-state index in [0.29, 0.717) is 12.0 Å². The van der Waals surface area contributed by atoms with E-state index in [1.165, 1.54) is 6.42 Å². The summed E-state index contributed by atoms with van der Waals surface area (Å²) in [6.07, 6.45) is 1.19. The molecule has 2 atom stereocenters. The van der Waals surface area contributed by atoms with E-state index in [4.69, 9.17) is 5.84 Å². The summed E-state index contributed by atoms with van der Waals surface area (Å²) < 4.78 is 0. The fraction of sp³-hybridized carbons (Fsp3) is 1.00. The molecule has 0 rings (SSSR count). The van der Waals surface area contributed by atoms with Gasteiger partial charge in [0.05, 0.1) is 0 Å². The van der Waals surface area contributed by atoms with Crippen molar-refractivity contribution in [2.75, 3.05) is 0 Å². The van der Waals surface area contributed by atoms with Gasteiger partial charge in [0.1, 0.15) is 0 Å². The Morgan fingerprint density at radius 3 is 2.12 bits per heavy atom. The summed E-state index contributed by atoms with van der Waals surface area (Å²) in [5.74, 6) is 5.88. The van der Waals surface area contributed by atoms with E-state index in [2.05, 4.69) is 26.2 Å². The first-order chi connectivity index (χ1) is 3.72. The maximum absolute atomic E-state index is 5.20. The summed E-state index contributed by atoms with van der Waals surface area (Å²) in [7, 11) is 0. The molecule has 2 nitrogen and oxygen atoms in total. The molecule has 0 aliphatic heterocycles. The average Bonchev–Trinajstić information content (AvgIpc) is 1.84. The number of nitrogens with one attached hydrogen (secondary N) is 1. The minimum absolute atomic E-state index is 0.444. The summed E-state index contributed by atoms with van der Waals surface area (Å²) in [5.41, 5.74) is 2.72. The molecular weight excluding hydrogens is 100 g/mol. The monoisotopic (exact) mass is 116 g/mol. The third kappa shape index (κ3) is 2.28. The van der Waals surface area contributed by atoms with Crippen molar-refractivity contribution in [3.05, 3.63) is 0 Å². The third-order valence-corrected chi connectivity index (χ3v) is 1.76. The predicted molar refractivity (Wildman–Crippen MR) is 36.2 cm³/mol. The Labute approximate surface area is 51.4 Å². The highest BCUT2D eigenvalue weighted by atomic mass is 15.2. The van der Waals surface area contributed by atoms with Crippen LogP contribution in [0.1, 0.15) is 27.2 Å². The molecule has 0 aliphatic carbocycles. The summed E-state index contributed by atoms with van der Waals surface area (Å²) in [5, 5.41) is 0. The highest BCUT2D eigenvalue weighted by molar-refractivity contribution is 4.62. The molecule has 3 N–H and O–H groups in total. The summed E-state index contributed by atoms with van der Waals surface area (Å²) in [6, 6.07) is 0.444. The Morgan fingerprint density at radius 2 is 2.00 bits per heavy atom. The highest BCUT2D eigenvalue weighted by Crippen LogP contribution is 2.04. The van der Waals surface area contributed by atoms with Gasteiger partial charge in [-0.15, -0.1) is 0 Å². The van der Waals surface area contributed by atoms with Gasteiger partial charge in [-0.25, -0.2) is 0 Å². The van der Waals surface area contributed by atoms with Crippen LogP contribution in [0.15, 0.2) is 0 Å². The Morgan fingerprint density at radius 1 is 1.50 bits per heavy atom. The topological polar surface area (TPSA) is 38.0 Å². The minimum atomic E-state index is 0.444. The second kappa shape index (κ2) is 3.87. The number of rotatable bonds is 3. The molecule has 0 amide bonds. The van der Waals surface area contributed by atoms with Crippen molar-refractivity contribution in [2.24, 2.45) is 11.8 Å². The largest absolute Gasteiger partial charge is 0.271 e. The van der Waals surface area contributed by atoms with E-state index in [1.807, 2.05) is 0 Å². The van der Waals surface area contributed by atoms with Crippen molar-refractivity contribution in [3.63, 3.8) is 0 Å². The van der Waals surface area contributed by atoms with Crippen LogP contribution in [0.5, 0.6) is 0 Å². The zero-order valence-corrected chi connectivity index (χ0v) is 5.94. The zero-order valence-electron chi connectivity index (χ0n) is 5.94. The molecule has 0 aromatic rings. The predicted octanol–water partition coefficient (Wildman–Crippen LogP) is 0.884. The van der Waals surface area contributed by atoms with Crippen LogP contribution < -0.4 is 11.3 Å². The molecule has 0 saturated heterocycles. The highest BCUT2D eigenvalue weighted by Gasteiger charge is 2.05. The van der Waals surface area contributed by atoms with Crippen molar-refractivity contribution >= 4 is 0 Å². The van der Waals surface area contributed by atoms with Crippen LogP contribution >= 0.6 is 0 Å². The number of hydrazine groups is 1. The van der Waals surface area contributed by atoms with Gasteiger partial charge < -0.3 is 0 Å². The van der Waals surface area contributed by atoms with Crippen LogP contribution in [0.4, 0.5) is 0 Å². The van der Waals surface area contributed by atoms with Gasteiger partial charge in [-0.05, 0) is 12.8 Å². The van der Waals surface area contributed by atoms with Gasteiger partial charge in [0, 0.05) is 6.04 Å². The first-order valence-electron chi connectivity index (χ1n) is 3.18. The molecule has 0 aromatic heterocycles. The van der Waals surface area contributed by atoms with Crippen LogP contribution in [0.2, 0.25) is 0 Å². The van der Waals surface area contributed by atoms with Gasteiger partial charge in [-0.1, -0.05) is 20.3 Å². The van der Waals surface area contributed by atoms with Gasteiger partial charge in [0.15, 0.2) is 0 Å².